The summed E-state index contributed by atoms with van der Waals surface area (Å²) in [7, 11) is 1.49. The number of esters is 1. The summed E-state index contributed by atoms with van der Waals surface area (Å²) in [6, 6.07) is 0. The third-order valence-corrected chi connectivity index (χ3v) is 3.73. The Labute approximate surface area is 78.1 Å². The maximum atomic E-state index is 11.5. The van der Waals surface area contributed by atoms with Gasteiger partial charge in [0.15, 0.2) is 0 Å². The monoisotopic (exact) mass is 188 g/mol. The van der Waals surface area contributed by atoms with Crippen LogP contribution in [0.3, 0.4) is 0 Å². The van der Waals surface area contributed by atoms with Gasteiger partial charge in [-0.2, -0.15) is 11.8 Å². The molecule has 1 aliphatic rings. The Kier molecular flexibility index (Phi) is 3.44. The van der Waals surface area contributed by atoms with Crippen LogP contribution >= 0.6 is 11.8 Å². The van der Waals surface area contributed by atoms with Crippen molar-refractivity contribution in [1.82, 2.24) is 0 Å². The second-order valence-electron chi connectivity index (χ2n) is 3.24. The molecule has 0 unspecified atom stereocenters. The molecule has 0 aromatic rings. The highest BCUT2D eigenvalue weighted by molar-refractivity contribution is 7.99. The quantitative estimate of drug-likeness (QED) is 0.621. The zero-order chi connectivity index (χ0) is 9.03. The Bertz CT molecular complexity index is 162. The zero-order valence-electron chi connectivity index (χ0n) is 7.76. The minimum atomic E-state index is -0.153. The molecule has 3 heteroatoms. The lowest BCUT2D eigenvalue weighted by Gasteiger charge is -2.32. The molecular weight excluding hydrogens is 172 g/mol. The molecular formula is C9H16O2S. The second kappa shape index (κ2) is 4.17. The fourth-order valence-electron chi connectivity index (χ4n) is 1.68. The largest absolute Gasteiger partial charge is 0.469 e. The normalized spacial score (nSPS) is 21.8. The summed E-state index contributed by atoms with van der Waals surface area (Å²) < 4.78 is 4.84. The summed E-state index contributed by atoms with van der Waals surface area (Å²) >= 11 is 1.93. The molecule has 0 atom stereocenters. The van der Waals surface area contributed by atoms with Gasteiger partial charge in [0.2, 0.25) is 0 Å². The third kappa shape index (κ3) is 1.76. The molecule has 1 fully saturated rings. The van der Waals surface area contributed by atoms with E-state index in [1.54, 1.807) is 0 Å². The van der Waals surface area contributed by atoms with Gasteiger partial charge in [0, 0.05) is 0 Å². The van der Waals surface area contributed by atoms with Crippen LogP contribution in [0, 0.1) is 5.41 Å². The van der Waals surface area contributed by atoms with Crippen LogP contribution < -0.4 is 0 Å². The van der Waals surface area contributed by atoms with Gasteiger partial charge in [0.1, 0.15) is 0 Å². The summed E-state index contributed by atoms with van der Waals surface area (Å²) in [4.78, 5) is 11.5. The molecule has 0 N–H and O–H groups in total. The number of carbonyl (C=O) groups excluding carboxylic acids is 1. The van der Waals surface area contributed by atoms with Gasteiger partial charge in [-0.25, -0.2) is 0 Å². The number of hydrogen-bond donors (Lipinski definition) is 0. The summed E-state index contributed by atoms with van der Waals surface area (Å²) in [6.07, 6.45) is 2.89. The van der Waals surface area contributed by atoms with Gasteiger partial charge in [-0.1, -0.05) is 6.92 Å². The number of thioether (sulfide) groups is 1. The van der Waals surface area contributed by atoms with Gasteiger partial charge >= 0.3 is 5.97 Å². The average Bonchev–Trinajstić information content (AvgIpc) is 2.17. The fourth-order valence-corrected chi connectivity index (χ4v) is 2.95. The highest BCUT2D eigenvalue weighted by Gasteiger charge is 2.38. The molecule has 1 aliphatic heterocycles. The molecule has 2 nitrogen and oxygen atoms in total. The van der Waals surface area contributed by atoms with Crippen LogP contribution in [0.15, 0.2) is 0 Å². The molecule has 0 saturated carbocycles. The van der Waals surface area contributed by atoms with Gasteiger partial charge in [0.25, 0.3) is 0 Å². The standard InChI is InChI=1S/C9H16O2S/c1-3-9(8(10)11-2)4-6-12-7-5-9/h3-7H2,1-2H3. The van der Waals surface area contributed by atoms with Crippen molar-refractivity contribution in [3.05, 3.63) is 0 Å². The lowest BCUT2D eigenvalue weighted by Crippen LogP contribution is -2.35. The highest BCUT2D eigenvalue weighted by atomic mass is 32.2. The first-order valence-corrected chi connectivity index (χ1v) is 5.57. The maximum Gasteiger partial charge on any atom is 0.311 e. The van der Waals surface area contributed by atoms with Gasteiger partial charge < -0.3 is 4.74 Å². The molecule has 70 valence electrons. The van der Waals surface area contributed by atoms with Crippen molar-refractivity contribution in [2.75, 3.05) is 18.6 Å². The van der Waals surface area contributed by atoms with Crippen LogP contribution in [0.5, 0.6) is 0 Å². The molecule has 1 heterocycles. The maximum absolute atomic E-state index is 11.5. The van der Waals surface area contributed by atoms with E-state index in [9.17, 15) is 4.79 Å². The minimum absolute atomic E-state index is 0.00898. The molecule has 0 aliphatic carbocycles. The van der Waals surface area contributed by atoms with Crippen molar-refractivity contribution in [3.8, 4) is 0 Å². The van der Waals surface area contributed by atoms with Gasteiger partial charge in [0.05, 0.1) is 12.5 Å². The Hall–Kier alpha value is -0.180. The zero-order valence-corrected chi connectivity index (χ0v) is 8.58. The Balaban J connectivity index is 2.66. The third-order valence-electron chi connectivity index (χ3n) is 2.75. The molecule has 12 heavy (non-hydrogen) atoms. The molecule has 1 rings (SSSR count). The van der Waals surface area contributed by atoms with Gasteiger partial charge in [-0.3, -0.25) is 4.79 Å². The topological polar surface area (TPSA) is 26.3 Å². The van der Waals surface area contributed by atoms with E-state index in [4.69, 9.17) is 4.74 Å². The van der Waals surface area contributed by atoms with E-state index in [2.05, 4.69) is 6.92 Å². The summed E-state index contributed by atoms with van der Waals surface area (Å²) in [6.45, 7) is 2.08. The summed E-state index contributed by atoms with van der Waals surface area (Å²) in [5.41, 5.74) is -0.153. The van der Waals surface area contributed by atoms with Crippen LogP contribution in [0.2, 0.25) is 0 Å². The number of hydrogen-bond acceptors (Lipinski definition) is 3. The predicted octanol–water partition coefficient (Wildman–Crippen LogP) is 2.08. The van der Waals surface area contributed by atoms with E-state index in [1.807, 2.05) is 11.8 Å². The van der Waals surface area contributed by atoms with Crippen molar-refractivity contribution < 1.29 is 9.53 Å². The van der Waals surface area contributed by atoms with E-state index in [-0.39, 0.29) is 11.4 Å². The van der Waals surface area contributed by atoms with Crippen molar-refractivity contribution in [2.24, 2.45) is 5.41 Å². The molecule has 1 saturated heterocycles. The Morgan fingerprint density at radius 3 is 2.50 bits per heavy atom. The number of methoxy groups -OCH3 is 1. The van der Waals surface area contributed by atoms with E-state index < -0.39 is 0 Å². The molecule has 0 aromatic carbocycles. The molecule has 0 bridgehead atoms. The van der Waals surface area contributed by atoms with Crippen molar-refractivity contribution in [2.45, 2.75) is 26.2 Å². The van der Waals surface area contributed by atoms with E-state index in [0.717, 1.165) is 30.8 Å². The van der Waals surface area contributed by atoms with Gasteiger partial charge in [-0.15, -0.1) is 0 Å². The second-order valence-corrected chi connectivity index (χ2v) is 4.46. The molecule has 0 spiro atoms. The van der Waals surface area contributed by atoms with Crippen LogP contribution in [0.25, 0.3) is 0 Å². The number of carbonyl (C=O) groups is 1. The molecule has 0 amide bonds. The van der Waals surface area contributed by atoms with Crippen molar-refractivity contribution >= 4 is 17.7 Å². The van der Waals surface area contributed by atoms with Gasteiger partial charge in [-0.05, 0) is 30.8 Å². The Morgan fingerprint density at radius 2 is 2.08 bits per heavy atom. The first-order chi connectivity index (χ1) is 5.75. The SMILES string of the molecule is CCC1(C(=O)OC)CCSCC1. The van der Waals surface area contributed by atoms with Crippen LogP contribution in [0.4, 0.5) is 0 Å². The minimum Gasteiger partial charge on any atom is -0.469 e. The lowest BCUT2D eigenvalue weighted by atomic mass is 9.79. The van der Waals surface area contributed by atoms with E-state index in [0.29, 0.717) is 0 Å². The highest BCUT2D eigenvalue weighted by Crippen LogP contribution is 2.38. The summed E-state index contributed by atoms with van der Waals surface area (Å²) in [5.74, 6) is 2.19. The molecule has 0 aromatic heterocycles. The smallest absolute Gasteiger partial charge is 0.311 e. The van der Waals surface area contributed by atoms with Crippen LogP contribution in [-0.2, 0) is 9.53 Å². The van der Waals surface area contributed by atoms with E-state index >= 15 is 0 Å². The van der Waals surface area contributed by atoms with E-state index in [1.165, 1.54) is 7.11 Å². The first-order valence-electron chi connectivity index (χ1n) is 4.41. The first kappa shape index (κ1) is 9.90. The number of ether oxygens (including phenoxy) is 1. The van der Waals surface area contributed by atoms with Crippen LogP contribution in [0.1, 0.15) is 26.2 Å². The predicted molar refractivity (Wildman–Crippen MR) is 51.3 cm³/mol. The Morgan fingerprint density at radius 1 is 1.50 bits per heavy atom. The van der Waals surface area contributed by atoms with Crippen LogP contribution in [-0.4, -0.2) is 24.6 Å². The van der Waals surface area contributed by atoms with Crippen molar-refractivity contribution in [3.63, 3.8) is 0 Å². The summed E-state index contributed by atoms with van der Waals surface area (Å²) in [5, 5.41) is 0. The average molecular weight is 188 g/mol. The van der Waals surface area contributed by atoms with Crippen molar-refractivity contribution in [1.29, 1.82) is 0 Å². The fraction of sp³-hybridized carbons (Fsp3) is 0.889. The lowest BCUT2D eigenvalue weighted by molar-refractivity contribution is -0.153. The number of rotatable bonds is 2. The molecule has 0 radical (unpaired) electrons.